The van der Waals surface area contributed by atoms with Crippen LogP contribution in [0.1, 0.15) is 108 Å². The summed E-state index contributed by atoms with van der Waals surface area (Å²) in [5.74, 6) is 0.426. The number of aryl methyl sites for hydroxylation is 1. The second kappa shape index (κ2) is 21.1. The molecule has 0 bridgehead atoms. The highest BCUT2D eigenvalue weighted by molar-refractivity contribution is 5.45. The zero-order valence-electron chi connectivity index (χ0n) is 26.1. The van der Waals surface area contributed by atoms with Crippen molar-refractivity contribution >= 4 is 5.69 Å². The summed E-state index contributed by atoms with van der Waals surface area (Å²) < 4.78 is 5.84. The van der Waals surface area contributed by atoms with Gasteiger partial charge in [-0.1, -0.05) is 127 Å². The fraction of sp³-hybridized carbons (Fsp3) is 0.500. The maximum absolute atomic E-state index is 9.39. The van der Waals surface area contributed by atoms with Crippen LogP contribution in [0.5, 0.6) is 0 Å². The van der Waals surface area contributed by atoms with Crippen molar-refractivity contribution in [2.75, 3.05) is 11.9 Å². The summed E-state index contributed by atoms with van der Waals surface area (Å²) >= 11 is 0. The number of unbranched alkanes of at least 4 members (excludes halogenated alkanes) is 1. The van der Waals surface area contributed by atoms with Crippen molar-refractivity contribution in [2.24, 2.45) is 0 Å². The summed E-state index contributed by atoms with van der Waals surface area (Å²) in [6, 6.07) is 27.6. The first-order chi connectivity index (χ1) is 19.5. The molecule has 3 aromatic carbocycles. The Bertz CT molecular complexity index is 989. The summed E-state index contributed by atoms with van der Waals surface area (Å²) in [4.78, 5) is 0. The van der Waals surface area contributed by atoms with Gasteiger partial charge in [0, 0.05) is 11.6 Å². The molecule has 3 N–H and O–H groups in total. The Labute approximate surface area is 244 Å². The van der Waals surface area contributed by atoms with E-state index in [2.05, 4.69) is 86.8 Å². The van der Waals surface area contributed by atoms with Gasteiger partial charge in [-0.05, 0) is 55.0 Å². The van der Waals surface area contributed by atoms with Gasteiger partial charge in [0.2, 0.25) is 0 Å². The predicted molar refractivity (Wildman–Crippen MR) is 172 cm³/mol. The maximum atomic E-state index is 9.39. The molecule has 40 heavy (non-hydrogen) atoms. The highest BCUT2D eigenvalue weighted by Gasteiger charge is 2.36. The van der Waals surface area contributed by atoms with Gasteiger partial charge in [-0.2, -0.15) is 0 Å². The van der Waals surface area contributed by atoms with Crippen LogP contribution < -0.4 is 5.32 Å². The lowest BCUT2D eigenvalue weighted by Crippen LogP contribution is -2.17. The van der Waals surface area contributed by atoms with Gasteiger partial charge in [-0.3, -0.25) is 0 Å². The summed E-state index contributed by atoms with van der Waals surface area (Å²) in [5, 5.41) is 22.1. The number of hydrogen-bond donors (Lipinski definition) is 3. The van der Waals surface area contributed by atoms with Crippen LogP contribution in [0.4, 0.5) is 5.69 Å². The number of anilines is 1. The lowest BCUT2D eigenvalue weighted by molar-refractivity contribution is -0.00323. The standard InChI is InChI=1S/C22H31NO2.C10H12O.2C2H6/c1-3-5-11-21(16-24)25-17-18-12-14-19(15-13-18)22(4-2)23-20-9-7-6-8-10-20;1-7-2-4-8(5-3-7)9-6-10(9)11;2*1-2/h6-10,12-15,21-24H,3-5,11,16-17H2,1-2H3;2-5,9-11H,6H2,1H3;2*1-2H3. The molecule has 4 rings (SSSR count). The predicted octanol–water partition coefficient (Wildman–Crippen LogP) is 9.21. The third kappa shape index (κ3) is 13.1. The molecule has 4 unspecified atom stereocenters. The molecule has 0 aromatic heterocycles. The number of aliphatic hydroxyl groups excluding tert-OH is 2. The van der Waals surface area contributed by atoms with Crippen molar-refractivity contribution < 1.29 is 14.9 Å². The molecule has 0 saturated heterocycles. The van der Waals surface area contributed by atoms with Gasteiger partial charge in [-0.25, -0.2) is 0 Å². The van der Waals surface area contributed by atoms with Crippen molar-refractivity contribution in [1.29, 1.82) is 0 Å². The zero-order chi connectivity index (χ0) is 29.8. The summed E-state index contributed by atoms with van der Waals surface area (Å²) in [5.41, 5.74) is 6.13. The average molecular weight is 550 g/mol. The third-order valence-electron chi connectivity index (χ3n) is 6.74. The monoisotopic (exact) mass is 549 g/mol. The van der Waals surface area contributed by atoms with E-state index in [1.807, 2.05) is 45.9 Å². The number of nitrogens with one attached hydrogen (secondary N) is 1. The molecule has 0 spiro atoms. The molecule has 0 aliphatic heterocycles. The Balaban J connectivity index is 0.000000440. The fourth-order valence-electron chi connectivity index (χ4n) is 4.23. The molecular weight excluding hydrogens is 494 g/mol. The number of aliphatic hydroxyl groups is 2. The van der Waals surface area contributed by atoms with E-state index in [-0.39, 0.29) is 18.8 Å². The highest BCUT2D eigenvalue weighted by Crippen LogP contribution is 2.40. The van der Waals surface area contributed by atoms with Crippen LogP contribution in [-0.4, -0.2) is 29.0 Å². The van der Waals surface area contributed by atoms with Gasteiger partial charge in [0.25, 0.3) is 0 Å². The molecule has 1 saturated carbocycles. The molecule has 0 amide bonds. The van der Waals surface area contributed by atoms with Crippen LogP contribution >= 0.6 is 0 Å². The normalized spacial score (nSPS) is 16.5. The second-order valence-corrected chi connectivity index (χ2v) is 9.79. The first-order valence-electron chi connectivity index (χ1n) is 15.4. The first-order valence-corrected chi connectivity index (χ1v) is 15.4. The lowest BCUT2D eigenvalue weighted by Gasteiger charge is -2.19. The van der Waals surface area contributed by atoms with Gasteiger partial charge < -0.3 is 20.3 Å². The van der Waals surface area contributed by atoms with Gasteiger partial charge in [0.1, 0.15) is 0 Å². The lowest BCUT2D eigenvalue weighted by atomic mass is 10.0. The quantitative estimate of drug-likeness (QED) is 0.211. The van der Waals surface area contributed by atoms with E-state index in [0.29, 0.717) is 18.6 Å². The fourth-order valence-corrected chi connectivity index (χ4v) is 4.23. The van der Waals surface area contributed by atoms with Crippen LogP contribution in [0, 0.1) is 6.92 Å². The van der Waals surface area contributed by atoms with Crippen molar-refractivity contribution in [3.05, 3.63) is 101 Å². The smallest absolute Gasteiger partial charge is 0.0810 e. The van der Waals surface area contributed by atoms with E-state index in [4.69, 9.17) is 9.84 Å². The average Bonchev–Trinajstić information content (AvgIpc) is 3.76. The van der Waals surface area contributed by atoms with Gasteiger partial charge in [0.15, 0.2) is 0 Å². The molecule has 4 nitrogen and oxygen atoms in total. The Hall–Kier alpha value is -2.66. The van der Waals surface area contributed by atoms with Crippen LogP contribution in [-0.2, 0) is 11.3 Å². The number of ether oxygens (including phenoxy) is 1. The van der Waals surface area contributed by atoms with E-state index in [9.17, 15) is 5.11 Å². The first kappa shape index (κ1) is 35.4. The second-order valence-electron chi connectivity index (χ2n) is 9.79. The summed E-state index contributed by atoms with van der Waals surface area (Å²) in [6.07, 6.45) is 4.98. The Kier molecular flexibility index (Phi) is 18.7. The summed E-state index contributed by atoms with van der Waals surface area (Å²) in [7, 11) is 0. The number of benzene rings is 3. The van der Waals surface area contributed by atoms with E-state index in [1.165, 1.54) is 16.7 Å². The van der Waals surface area contributed by atoms with Crippen molar-refractivity contribution in [3.63, 3.8) is 0 Å². The van der Waals surface area contributed by atoms with E-state index in [0.717, 1.165) is 43.4 Å². The van der Waals surface area contributed by atoms with Crippen LogP contribution in [0.15, 0.2) is 78.9 Å². The van der Waals surface area contributed by atoms with E-state index >= 15 is 0 Å². The Morgan fingerprint density at radius 2 is 1.48 bits per heavy atom. The molecule has 1 aliphatic rings. The minimum absolute atomic E-state index is 0.0530. The van der Waals surface area contributed by atoms with Crippen LogP contribution in [0.2, 0.25) is 0 Å². The van der Waals surface area contributed by atoms with Gasteiger partial charge in [-0.15, -0.1) is 0 Å². The minimum atomic E-state index is -0.0716. The van der Waals surface area contributed by atoms with Crippen LogP contribution in [0.25, 0.3) is 0 Å². The van der Waals surface area contributed by atoms with Crippen molar-refractivity contribution in [3.8, 4) is 0 Å². The Morgan fingerprint density at radius 3 is 1.98 bits per heavy atom. The van der Waals surface area contributed by atoms with Crippen LogP contribution in [0.3, 0.4) is 0 Å². The molecule has 1 aliphatic carbocycles. The van der Waals surface area contributed by atoms with E-state index < -0.39 is 0 Å². The minimum Gasteiger partial charge on any atom is -0.394 e. The highest BCUT2D eigenvalue weighted by atomic mass is 16.5. The number of para-hydroxylation sites is 1. The van der Waals surface area contributed by atoms with E-state index in [1.54, 1.807) is 0 Å². The molecule has 1 fully saturated rings. The SMILES string of the molecule is CC.CC.CCCCC(CO)OCc1ccc(C(CC)Nc2ccccc2)cc1.Cc1ccc(C2CC2O)cc1. The molecular formula is C36H55NO3. The molecule has 4 heteroatoms. The molecule has 222 valence electrons. The molecule has 4 atom stereocenters. The topological polar surface area (TPSA) is 61.7 Å². The van der Waals surface area contributed by atoms with Gasteiger partial charge >= 0.3 is 0 Å². The number of rotatable bonds is 12. The largest absolute Gasteiger partial charge is 0.394 e. The van der Waals surface area contributed by atoms with Crippen molar-refractivity contribution in [2.45, 2.75) is 111 Å². The molecule has 0 heterocycles. The molecule has 3 aromatic rings. The van der Waals surface area contributed by atoms with Gasteiger partial charge in [0.05, 0.1) is 31.5 Å². The third-order valence-corrected chi connectivity index (χ3v) is 6.74. The maximum Gasteiger partial charge on any atom is 0.0810 e. The van der Waals surface area contributed by atoms with Crippen molar-refractivity contribution in [1.82, 2.24) is 0 Å². The summed E-state index contributed by atoms with van der Waals surface area (Å²) in [6.45, 7) is 15.1. The zero-order valence-corrected chi connectivity index (χ0v) is 26.1. The Morgan fingerprint density at radius 1 is 0.875 bits per heavy atom. The molecule has 0 radical (unpaired) electrons. The number of hydrogen-bond acceptors (Lipinski definition) is 4.